The van der Waals surface area contributed by atoms with Crippen molar-refractivity contribution < 1.29 is 19.1 Å². The van der Waals surface area contributed by atoms with Gasteiger partial charge in [-0.05, 0) is 41.5 Å². The number of nitrogens with zero attached hydrogens (tertiary/aromatic N) is 1. The molecule has 4 rings (SSSR count). The number of amides is 1. The number of carboxylic acid groups (broad SMARTS) is 1. The maximum atomic E-state index is 12.1. The fourth-order valence-corrected chi connectivity index (χ4v) is 3.42. The van der Waals surface area contributed by atoms with E-state index >= 15 is 0 Å². The van der Waals surface area contributed by atoms with Gasteiger partial charge in [0.25, 0.3) is 0 Å². The van der Waals surface area contributed by atoms with Crippen molar-refractivity contribution in [1.82, 2.24) is 4.57 Å². The molecule has 6 nitrogen and oxygen atoms in total. The van der Waals surface area contributed by atoms with E-state index in [1.54, 1.807) is 48.9 Å². The Morgan fingerprint density at radius 1 is 1.15 bits per heavy atom. The van der Waals surface area contributed by atoms with E-state index in [1.165, 1.54) is 0 Å². The maximum absolute atomic E-state index is 12.1. The minimum Gasteiger partial charge on any atom is -0.481 e. The number of benzene rings is 2. The zero-order valence-electron chi connectivity index (χ0n) is 14.0. The van der Waals surface area contributed by atoms with Gasteiger partial charge in [0.05, 0.1) is 6.26 Å². The molecule has 0 fully saturated rings. The van der Waals surface area contributed by atoms with E-state index in [-0.39, 0.29) is 0 Å². The Kier molecular flexibility index (Phi) is 3.54. The van der Waals surface area contributed by atoms with Crippen LogP contribution in [0.25, 0.3) is 21.9 Å². The Morgan fingerprint density at radius 3 is 2.69 bits per heavy atom. The SMILES string of the molecule is Cn1cc(C(C(=O)O)c2ccc3occc3c2)c2ccc(C(N)=O)cc21. The summed E-state index contributed by atoms with van der Waals surface area (Å²) in [6, 6.07) is 12.2. The lowest BCUT2D eigenvalue weighted by molar-refractivity contribution is -0.137. The Morgan fingerprint density at radius 2 is 1.96 bits per heavy atom. The molecule has 1 unspecified atom stereocenters. The molecule has 0 aliphatic rings. The second-order valence-corrected chi connectivity index (χ2v) is 6.28. The summed E-state index contributed by atoms with van der Waals surface area (Å²) < 4.78 is 7.14. The molecule has 3 N–H and O–H groups in total. The zero-order chi connectivity index (χ0) is 18.4. The molecule has 130 valence electrons. The highest BCUT2D eigenvalue weighted by atomic mass is 16.4. The van der Waals surface area contributed by atoms with Crippen LogP contribution in [-0.2, 0) is 11.8 Å². The predicted octanol–water partition coefficient (Wildman–Crippen LogP) is 3.24. The van der Waals surface area contributed by atoms with Gasteiger partial charge in [-0.2, -0.15) is 0 Å². The lowest BCUT2D eigenvalue weighted by atomic mass is 9.90. The zero-order valence-corrected chi connectivity index (χ0v) is 14.0. The molecule has 0 radical (unpaired) electrons. The van der Waals surface area contributed by atoms with Crippen molar-refractivity contribution in [2.45, 2.75) is 5.92 Å². The first-order chi connectivity index (χ1) is 12.5. The van der Waals surface area contributed by atoms with Gasteiger partial charge in [0, 0.05) is 35.1 Å². The number of furan rings is 1. The molecule has 0 bridgehead atoms. The molecule has 0 aliphatic carbocycles. The van der Waals surface area contributed by atoms with Crippen LogP contribution in [0.2, 0.25) is 0 Å². The first-order valence-corrected chi connectivity index (χ1v) is 8.04. The van der Waals surface area contributed by atoms with Crippen LogP contribution in [-0.4, -0.2) is 21.6 Å². The van der Waals surface area contributed by atoms with E-state index < -0.39 is 17.8 Å². The van der Waals surface area contributed by atoms with Crippen LogP contribution in [0, 0.1) is 0 Å². The van der Waals surface area contributed by atoms with Crippen LogP contribution in [0.5, 0.6) is 0 Å². The first kappa shape index (κ1) is 16.0. The molecule has 2 heterocycles. The van der Waals surface area contributed by atoms with Crippen molar-refractivity contribution in [1.29, 1.82) is 0 Å². The highest BCUT2D eigenvalue weighted by Crippen LogP contribution is 2.34. The number of carboxylic acids is 1. The smallest absolute Gasteiger partial charge is 0.315 e. The second-order valence-electron chi connectivity index (χ2n) is 6.28. The summed E-state index contributed by atoms with van der Waals surface area (Å²) in [5.74, 6) is -2.30. The molecule has 0 spiro atoms. The van der Waals surface area contributed by atoms with E-state index in [0.717, 1.165) is 16.3 Å². The number of aromatic nitrogens is 1. The van der Waals surface area contributed by atoms with Gasteiger partial charge in [0.2, 0.25) is 5.91 Å². The average molecular weight is 348 g/mol. The van der Waals surface area contributed by atoms with Crippen LogP contribution in [0.4, 0.5) is 0 Å². The number of nitrogens with two attached hydrogens (primary N) is 1. The van der Waals surface area contributed by atoms with E-state index in [0.29, 0.717) is 22.3 Å². The lowest BCUT2D eigenvalue weighted by Crippen LogP contribution is -2.13. The Hall–Kier alpha value is -3.54. The highest BCUT2D eigenvalue weighted by Gasteiger charge is 2.26. The normalized spacial score (nSPS) is 12.5. The third-order valence-corrected chi connectivity index (χ3v) is 4.67. The largest absolute Gasteiger partial charge is 0.481 e. The lowest BCUT2D eigenvalue weighted by Gasteiger charge is -2.12. The minimum atomic E-state index is -0.945. The van der Waals surface area contributed by atoms with Gasteiger partial charge in [0.1, 0.15) is 11.5 Å². The topological polar surface area (TPSA) is 98.5 Å². The number of aryl methyl sites for hydroxylation is 1. The van der Waals surface area contributed by atoms with Crippen molar-refractivity contribution in [2.24, 2.45) is 12.8 Å². The summed E-state index contributed by atoms with van der Waals surface area (Å²) in [5, 5.41) is 11.5. The maximum Gasteiger partial charge on any atom is 0.315 e. The molecule has 2 aromatic heterocycles. The molecule has 0 aliphatic heterocycles. The van der Waals surface area contributed by atoms with E-state index in [1.807, 2.05) is 17.7 Å². The quantitative estimate of drug-likeness (QED) is 0.591. The van der Waals surface area contributed by atoms with E-state index in [9.17, 15) is 14.7 Å². The minimum absolute atomic E-state index is 0.386. The molecule has 26 heavy (non-hydrogen) atoms. The highest BCUT2D eigenvalue weighted by molar-refractivity contribution is 5.99. The van der Waals surface area contributed by atoms with Crippen molar-refractivity contribution in [3.63, 3.8) is 0 Å². The molecular formula is C20H16N2O4. The van der Waals surface area contributed by atoms with Gasteiger partial charge >= 0.3 is 5.97 Å². The summed E-state index contributed by atoms with van der Waals surface area (Å²) in [6.45, 7) is 0. The molecular weight excluding hydrogens is 332 g/mol. The summed E-state index contributed by atoms with van der Waals surface area (Å²) in [7, 11) is 1.81. The summed E-state index contributed by atoms with van der Waals surface area (Å²) in [6.07, 6.45) is 3.36. The number of primary amides is 1. The summed E-state index contributed by atoms with van der Waals surface area (Å²) >= 11 is 0. The van der Waals surface area contributed by atoms with Crippen LogP contribution in [0.1, 0.15) is 27.4 Å². The number of carbonyl (C=O) groups excluding carboxylic acids is 1. The average Bonchev–Trinajstić information content (AvgIpc) is 3.19. The van der Waals surface area contributed by atoms with Crippen LogP contribution in [0.3, 0.4) is 0 Å². The monoisotopic (exact) mass is 348 g/mol. The van der Waals surface area contributed by atoms with Gasteiger partial charge in [-0.15, -0.1) is 0 Å². The fourth-order valence-electron chi connectivity index (χ4n) is 3.42. The molecule has 4 aromatic rings. The van der Waals surface area contributed by atoms with Crippen molar-refractivity contribution >= 4 is 33.7 Å². The van der Waals surface area contributed by atoms with E-state index in [4.69, 9.17) is 10.2 Å². The number of carbonyl (C=O) groups is 2. The Bertz CT molecular complexity index is 1170. The van der Waals surface area contributed by atoms with Gasteiger partial charge in [-0.1, -0.05) is 12.1 Å². The van der Waals surface area contributed by atoms with Crippen LogP contribution < -0.4 is 5.73 Å². The van der Waals surface area contributed by atoms with Crippen molar-refractivity contribution in [3.05, 3.63) is 71.6 Å². The number of rotatable bonds is 4. The molecule has 0 saturated carbocycles. The molecule has 0 saturated heterocycles. The second kappa shape index (κ2) is 5.77. The molecule has 1 atom stereocenters. The summed E-state index contributed by atoms with van der Waals surface area (Å²) in [5.41, 5.74) is 8.53. The van der Waals surface area contributed by atoms with E-state index in [2.05, 4.69) is 0 Å². The van der Waals surface area contributed by atoms with Crippen LogP contribution in [0.15, 0.2) is 59.3 Å². The van der Waals surface area contributed by atoms with Crippen LogP contribution >= 0.6 is 0 Å². The van der Waals surface area contributed by atoms with Gasteiger partial charge in [-0.25, -0.2) is 0 Å². The fraction of sp³-hybridized carbons (Fsp3) is 0.100. The number of aliphatic carboxylic acids is 1. The Labute approximate surface area is 148 Å². The molecule has 6 heteroatoms. The standard InChI is InChI=1S/C20H16N2O4/c1-22-10-15(14-4-2-13(19(21)23)9-16(14)22)18(20(24)25)12-3-5-17-11(8-12)6-7-26-17/h2-10,18H,1H3,(H2,21,23)(H,24,25). The van der Waals surface area contributed by atoms with Crippen molar-refractivity contribution in [3.8, 4) is 0 Å². The predicted molar refractivity (Wildman–Crippen MR) is 97.1 cm³/mol. The van der Waals surface area contributed by atoms with Gasteiger partial charge in [-0.3, -0.25) is 9.59 Å². The van der Waals surface area contributed by atoms with Gasteiger partial charge in [0.15, 0.2) is 0 Å². The number of hydrogen-bond donors (Lipinski definition) is 2. The molecule has 1 amide bonds. The van der Waals surface area contributed by atoms with Crippen molar-refractivity contribution in [2.75, 3.05) is 0 Å². The first-order valence-electron chi connectivity index (χ1n) is 8.04. The Balaban J connectivity index is 1.92. The van der Waals surface area contributed by atoms with Gasteiger partial charge < -0.3 is 19.8 Å². The number of hydrogen-bond acceptors (Lipinski definition) is 3. The summed E-state index contributed by atoms with van der Waals surface area (Å²) in [4.78, 5) is 23.5. The third-order valence-electron chi connectivity index (χ3n) is 4.67. The number of fused-ring (bicyclic) bond motifs is 2. The molecule has 2 aromatic carbocycles. The third kappa shape index (κ3) is 2.43.